The summed E-state index contributed by atoms with van der Waals surface area (Å²) >= 11 is 0. The van der Waals surface area contributed by atoms with Crippen LogP contribution in [0.3, 0.4) is 0 Å². The lowest BCUT2D eigenvalue weighted by molar-refractivity contribution is -0.135. The highest BCUT2D eigenvalue weighted by atomic mass is 32.2. The van der Waals surface area contributed by atoms with Crippen molar-refractivity contribution in [3.63, 3.8) is 0 Å². The molecule has 2 unspecified atom stereocenters. The van der Waals surface area contributed by atoms with Crippen LogP contribution in [-0.2, 0) is 15.6 Å². The molecular formula is C11H20N2O2S. The van der Waals surface area contributed by atoms with E-state index in [9.17, 15) is 9.00 Å². The number of amides is 1. The molecule has 1 N–H and O–H groups in total. The maximum Gasteiger partial charge on any atom is 0.239 e. The highest BCUT2D eigenvalue weighted by molar-refractivity contribution is 7.84. The van der Waals surface area contributed by atoms with E-state index in [0.717, 1.165) is 19.4 Å². The van der Waals surface area contributed by atoms with Gasteiger partial charge in [-0.1, -0.05) is 0 Å². The Kier molecular flexibility index (Phi) is 3.97. The maximum absolute atomic E-state index is 12.1. The first kappa shape index (κ1) is 12.0. The first-order chi connectivity index (χ1) is 7.66. The molecular weight excluding hydrogens is 224 g/mol. The van der Waals surface area contributed by atoms with E-state index in [-0.39, 0.29) is 11.9 Å². The monoisotopic (exact) mass is 244 g/mol. The van der Waals surface area contributed by atoms with Gasteiger partial charge in [0.05, 0.1) is 6.04 Å². The number of hydrogen-bond acceptors (Lipinski definition) is 3. The zero-order valence-electron chi connectivity index (χ0n) is 9.78. The van der Waals surface area contributed by atoms with Crippen LogP contribution in [0, 0.1) is 0 Å². The SMILES string of the molecule is CS(=O)CCN1CCCC(NC2CC2)C1=O. The Morgan fingerprint density at radius 3 is 2.81 bits per heavy atom. The second-order valence-corrected chi connectivity index (χ2v) is 6.29. The molecule has 4 nitrogen and oxygen atoms in total. The van der Waals surface area contributed by atoms with Crippen molar-refractivity contribution in [3.05, 3.63) is 0 Å². The summed E-state index contributed by atoms with van der Waals surface area (Å²) in [7, 11) is -0.806. The standard InChI is InChI=1S/C11H20N2O2S/c1-16(15)8-7-13-6-2-3-10(11(13)14)12-9-4-5-9/h9-10,12H,2-8H2,1H3. The van der Waals surface area contributed by atoms with Gasteiger partial charge >= 0.3 is 0 Å². The molecule has 1 heterocycles. The van der Waals surface area contributed by atoms with Crippen LogP contribution in [0.5, 0.6) is 0 Å². The van der Waals surface area contributed by atoms with Crippen LogP contribution in [0.2, 0.25) is 0 Å². The molecule has 1 aliphatic carbocycles. The van der Waals surface area contributed by atoms with Crippen LogP contribution in [0.25, 0.3) is 0 Å². The number of piperidine rings is 1. The number of hydrogen-bond donors (Lipinski definition) is 1. The molecule has 1 saturated carbocycles. The van der Waals surface area contributed by atoms with Gasteiger partial charge < -0.3 is 10.2 Å². The number of carbonyl (C=O) groups excluding carboxylic acids is 1. The Labute approximate surface area is 99.2 Å². The Hall–Kier alpha value is -0.420. The molecule has 0 aromatic carbocycles. The fraction of sp³-hybridized carbons (Fsp3) is 0.909. The summed E-state index contributed by atoms with van der Waals surface area (Å²) in [6.07, 6.45) is 6.13. The molecule has 0 spiro atoms. The van der Waals surface area contributed by atoms with Crippen LogP contribution < -0.4 is 5.32 Å². The molecule has 5 heteroatoms. The lowest BCUT2D eigenvalue weighted by Crippen LogP contribution is -2.52. The quantitative estimate of drug-likeness (QED) is 0.746. The van der Waals surface area contributed by atoms with Gasteiger partial charge in [-0.3, -0.25) is 9.00 Å². The van der Waals surface area contributed by atoms with Crippen molar-refractivity contribution in [2.24, 2.45) is 0 Å². The number of nitrogens with zero attached hydrogens (tertiary/aromatic N) is 1. The summed E-state index contributed by atoms with van der Waals surface area (Å²) in [4.78, 5) is 13.9. The summed E-state index contributed by atoms with van der Waals surface area (Å²) in [6.45, 7) is 1.48. The number of likely N-dealkylation sites (tertiary alicyclic amines) is 1. The van der Waals surface area contributed by atoms with Gasteiger partial charge in [0.15, 0.2) is 0 Å². The van der Waals surface area contributed by atoms with Crippen LogP contribution in [-0.4, -0.2) is 52.2 Å². The zero-order valence-corrected chi connectivity index (χ0v) is 10.6. The molecule has 2 rings (SSSR count). The fourth-order valence-electron chi connectivity index (χ4n) is 2.09. The minimum Gasteiger partial charge on any atom is -0.340 e. The van der Waals surface area contributed by atoms with Crippen molar-refractivity contribution in [1.29, 1.82) is 0 Å². The average Bonchev–Trinajstić information content (AvgIpc) is 3.03. The molecule has 92 valence electrons. The average molecular weight is 244 g/mol. The minimum absolute atomic E-state index is 0.0199. The number of rotatable bonds is 5. The molecule has 2 aliphatic rings. The van der Waals surface area contributed by atoms with Gasteiger partial charge in [0, 0.05) is 41.9 Å². The maximum atomic E-state index is 12.1. The van der Waals surface area contributed by atoms with E-state index in [1.165, 1.54) is 12.8 Å². The smallest absolute Gasteiger partial charge is 0.239 e. The van der Waals surface area contributed by atoms with E-state index in [2.05, 4.69) is 5.32 Å². The van der Waals surface area contributed by atoms with Gasteiger partial charge in [-0.2, -0.15) is 0 Å². The van der Waals surface area contributed by atoms with Crippen molar-refractivity contribution in [3.8, 4) is 0 Å². The summed E-state index contributed by atoms with van der Waals surface area (Å²) in [5.41, 5.74) is 0. The molecule has 2 atom stereocenters. The van der Waals surface area contributed by atoms with E-state index >= 15 is 0 Å². The minimum atomic E-state index is -0.806. The summed E-state index contributed by atoms with van der Waals surface area (Å²) in [5, 5.41) is 3.39. The molecule has 0 radical (unpaired) electrons. The van der Waals surface area contributed by atoms with Crippen molar-refractivity contribution >= 4 is 16.7 Å². The van der Waals surface area contributed by atoms with Crippen molar-refractivity contribution in [2.45, 2.75) is 37.8 Å². The van der Waals surface area contributed by atoms with E-state index < -0.39 is 10.8 Å². The van der Waals surface area contributed by atoms with Gasteiger partial charge in [-0.25, -0.2) is 0 Å². The van der Waals surface area contributed by atoms with Crippen LogP contribution in [0.15, 0.2) is 0 Å². The largest absolute Gasteiger partial charge is 0.340 e. The van der Waals surface area contributed by atoms with Gasteiger partial charge in [0.1, 0.15) is 0 Å². The van der Waals surface area contributed by atoms with Gasteiger partial charge in [-0.05, 0) is 25.7 Å². The Morgan fingerprint density at radius 2 is 2.19 bits per heavy atom. The molecule has 1 saturated heterocycles. The summed E-state index contributed by atoms with van der Waals surface area (Å²) in [5.74, 6) is 0.811. The van der Waals surface area contributed by atoms with Gasteiger partial charge in [0.2, 0.25) is 5.91 Å². The molecule has 0 aromatic rings. The van der Waals surface area contributed by atoms with Crippen molar-refractivity contribution < 1.29 is 9.00 Å². The molecule has 0 bridgehead atoms. The topological polar surface area (TPSA) is 49.4 Å². The second-order valence-electron chi connectivity index (χ2n) is 4.74. The highest BCUT2D eigenvalue weighted by Gasteiger charge is 2.33. The number of carbonyl (C=O) groups is 1. The van der Waals surface area contributed by atoms with E-state index in [4.69, 9.17) is 0 Å². The number of nitrogens with one attached hydrogen (secondary N) is 1. The van der Waals surface area contributed by atoms with Crippen LogP contribution in [0.1, 0.15) is 25.7 Å². The fourth-order valence-corrected chi connectivity index (χ4v) is 2.57. The predicted octanol–water partition coefficient (Wildman–Crippen LogP) is 0.108. The lowest BCUT2D eigenvalue weighted by Gasteiger charge is -2.32. The zero-order chi connectivity index (χ0) is 11.5. The predicted molar refractivity (Wildman–Crippen MR) is 64.7 cm³/mol. The second kappa shape index (κ2) is 5.27. The third-order valence-electron chi connectivity index (χ3n) is 3.19. The molecule has 1 amide bonds. The van der Waals surface area contributed by atoms with Gasteiger partial charge in [-0.15, -0.1) is 0 Å². The Morgan fingerprint density at radius 1 is 1.44 bits per heavy atom. The summed E-state index contributed by atoms with van der Waals surface area (Å²) in [6, 6.07) is 0.598. The lowest BCUT2D eigenvalue weighted by atomic mass is 10.0. The van der Waals surface area contributed by atoms with Crippen LogP contribution in [0.4, 0.5) is 0 Å². The van der Waals surface area contributed by atoms with Crippen LogP contribution >= 0.6 is 0 Å². The summed E-state index contributed by atoms with van der Waals surface area (Å²) < 4.78 is 11.0. The molecule has 0 aromatic heterocycles. The highest BCUT2D eigenvalue weighted by Crippen LogP contribution is 2.22. The normalized spacial score (nSPS) is 28.2. The Balaban J connectivity index is 1.82. The van der Waals surface area contributed by atoms with Crippen molar-refractivity contribution in [2.75, 3.05) is 25.1 Å². The molecule has 1 aliphatic heterocycles. The first-order valence-corrected chi connectivity index (χ1v) is 7.74. The third-order valence-corrected chi connectivity index (χ3v) is 3.95. The van der Waals surface area contributed by atoms with E-state index in [0.29, 0.717) is 18.3 Å². The third kappa shape index (κ3) is 3.28. The Bertz CT molecular complexity index is 292. The molecule has 2 fully saturated rings. The van der Waals surface area contributed by atoms with Gasteiger partial charge in [0.25, 0.3) is 0 Å². The van der Waals surface area contributed by atoms with E-state index in [1.807, 2.05) is 4.90 Å². The van der Waals surface area contributed by atoms with Crippen molar-refractivity contribution in [1.82, 2.24) is 10.2 Å². The first-order valence-electron chi connectivity index (χ1n) is 6.01. The van der Waals surface area contributed by atoms with E-state index in [1.54, 1.807) is 6.26 Å². The molecule has 16 heavy (non-hydrogen) atoms.